The molecule has 3 aliphatic heterocycles. The number of carbonyl (C=O) groups excluding carboxylic acids is 2. The third-order valence-electron chi connectivity index (χ3n) is 12.3. The van der Waals surface area contributed by atoms with Crippen LogP contribution < -0.4 is 21.9 Å². The highest BCUT2D eigenvalue weighted by Crippen LogP contribution is 2.34. The molecule has 4 heterocycles. The summed E-state index contributed by atoms with van der Waals surface area (Å²) in [5, 5.41) is 93.2. The van der Waals surface area contributed by atoms with E-state index in [9.17, 15) is 60.0 Å². The number of unbranched alkanes of at least 4 members (excludes halogenated alkanes) is 14. The number of amides is 2. The summed E-state index contributed by atoms with van der Waals surface area (Å²) in [4.78, 5) is 52.6. The average Bonchev–Trinajstić information content (AvgIpc) is 3.55. The smallest absolute Gasteiger partial charge is 0.330 e. The van der Waals surface area contributed by atoms with Crippen LogP contribution in [0.3, 0.4) is 0 Å². The molecule has 0 aromatic carbocycles. The van der Waals surface area contributed by atoms with Crippen LogP contribution in [0.15, 0.2) is 21.9 Å². The van der Waals surface area contributed by atoms with E-state index in [1.54, 1.807) is 0 Å². The summed E-state index contributed by atoms with van der Waals surface area (Å²) >= 11 is 0. The summed E-state index contributed by atoms with van der Waals surface area (Å²) in [5.41, 5.74) is -1.67. The Labute approximate surface area is 368 Å². The Bertz CT molecular complexity index is 1620. The summed E-state index contributed by atoms with van der Waals surface area (Å²) < 4.78 is 24.7. The molecule has 15 atom stereocenters. The molecule has 11 N–H and O–H groups in total. The summed E-state index contributed by atoms with van der Waals surface area (Å²) in [6, 6.07) is -1.93. The number of aliphatic hydroxyl groups excluding tert-OH is 8. The lowest BCUT2D eigenvalue weighted by Gasteiger charge is -2.47. The van der Waals surface area contributed by atoms with E-state index >= 15 is 0 Å². The SMILES string of the molecule is CCCCCCCCCCC(=O)NC1C(OC2OC(C[C@@H](O)[C@H]3O[C@@H](n4ccc(=O)[nH]c4=O)[C@H](O)[C@@H]3O)C(O)C(O)C2NC(=O)CCCCCCCCCC)OC(CO)C(O)C1O. The molecule has 362 valence electrons. The van der Waals surface area contributed by atoms with Crippen LogP contribution in [0.1, 0.15) is 142 Å². The number of nitrogens with one attached hydrogen (secondary N) is 3. The first kappa shape index (κ1) is 52.8. The van der Waals surface area contributed by atoms with Crippen molar-refractivity contribution in [3.8, 4) is 0 Å². The van der Waals surface area contributed by atoms with Gasteiger partial charge in [0.2, 0.25) is 11.8 Å². The third-order valence-corrected chi connectivity index (χ3v) is 12.3. The molecule has 3 fully saturated rings. The Morgan fingerprint density at radius 1 is 0.667 bits per heavy atom. The minimum Gasteiger partial charge on any atom is -0.394 e. The zero-order valence-corrected chi connectivity index (χ0v) is 36.7. The Balaban J connectivity index is 1.50. The molecule has 20 heteroatoms. The highest BCUT2D eigenvalue weighted by atomic mass is 16.8. The van der Waals surface area contributed by atoms with Gasteiger partial charge in [-0.05, 0) is 12.8 Å². The van der Waals surface area contributed by atoms with Crippen molar-refractivity contribution in [2.45, 2.75) is 228 Å². The predicted molar refractivity (Wildman–Crippen MR) is 226 cm³/mol. The van der Waals surface area contributed by atoms with Crippen molar-refractivity contribution in [2.75, 3.05) is 6.61 Å². The van der Waals surface area contributed by atoms with E-state index in [2.05, 4.69) is 24.5 Å². The second kappa shape index (κ2) is 26.9. The number of hydrogen-bond acceptors (Lipinski definition) is 16. The van der Waals surface area contributed by atoms with Crippen molar-refractivity contribution in [3.05, 3.63) is 33.1 Å². The van der Waals surface area contributed by atoms with Gasteiger partial charge in [0.1, 0.15) is 60.9 Å². The number of H-pyrrole nitrogens is 1. The molecule has 63 heavy (non-hydrogen) atoms. The first-order valence-electron chi connectivity index (χ1n) is 23.1. The van der Waals surface area contributed by atoms with Gasteiger partial charge in [0.25, 0.3) is 5.56 Å². The Morgan fingerprint density at radius 3 is 1.60 bits per heavy atom. The minimum absolute atomic E-state index is 0.0662. The number of rotatable bonds is 27. The fraction of sp³-hybridized carbons (Fsp3) is 0.860. The molecule has 1 aromatic heterocycles. The van der Waals surface area contributed by atoms with E-state index in [4.69, 9.17) is 18.9 Å². The van der Waals surface area contributed by atoms with E-state index in [-0.39, 0.29) is 12.8 Å². The number of aromatic nitrogens is 2. The standard InChI is InChI=1S/C43H74N4O16/c1-3-5-7-9-11-13-15-17-19-28(50)44-31-35(55)33(53)26(23-25(49)39-37(57)38(58)40(62-39)47-22-21-30(52)46-43(47)59)60-41(31)63-42-32(36(56)34(54)27(24-48)61-42)45-29(51)20-18-16-14-12-10-8-6-4-2/h21-22,25-27,31-42,48-49,53-58H,3-20,23-24H2,1-2H3,(H,44,50)(H,45,51)(H,46,52,59)/t25-,26?,27?,31?,32?,33?,34?,35?,36?,37+,38-,39-,40-,41?,42?/m1/s1. The third kappa shape index (κ3) is 15.4. The number of aliphatic hydroxyl groups is 8. The maximum absolute atomic E-state index is 13.3. The molecule has 0 bridgehead atoms. The van der Waals surface area contributed by atoms with Gasteiger partial charge >= 0.3 is 5.69 Å². The minimum atomic E-state index is -1.82. The van der Waals surface area contributed by atoms with E-state index in [0.29, 0.717) is 12.8 Å². The fourth-order valence-corrected chi connectivity index (χ4v) is 8.47. The van der Waals surface area contributed by atoms with Crippen molar-refractivity contribution in [1.82, 2.24) is 20.2 Å². The maximum Gasteiger partial charge on any atom is 0.330 e. The van der Waals surface area contributed by atoms with Crippen LogP contribution >= 0.6 is 0 Å². The van der Waals surface area contributed by atoms with Crippen LogP contribution in [-0.2, 0) is 28.5 Å². The largest absolute Gasteiger partial charge is 0.394 e. The second-order valence-corrected chi connectivity index (χ2v) is 17.3. The molecule has 20 nitrogen and oxygen atoms in total. The zero-order chi connectivity index (χ0) is 46.1. The van der Waals surface area contributed by atoms with Crippen molar-refractivity contribution in [2.24, 2.45) is 0 Å². The lowest BCUT2D eigenvalue weighted by Crippen LogP contribution is -2.69. The Hall–Kier alpha value is -2.86. The first-order valence-corrected chi connectivity index (χ1v) is 23.1. The van der Waals surface area contributed by atoms with Gasteiger partial charge in [-0.2, -0.15) is 0 Å². The topological polar surface area (TPSA) is 312 Å². The summed E-state index contributed by atoms with van der Waals surface area (Å²) in [6.45, 7) is 3.52. The van der Waals surface area contributed by atoms with Crippen molar-refractivity contribution in [3.63, 3.8) is 0 Å². The van der Waals surface area contributed by atoms with Gasteiger partial charge in [-0.15, -0.1) is 0 Å². The second-order valence-electron chi connectivity index (χ2n) is 17.3. The van der Waals surface area contributed by atoms with E-state index in [1.807, 2.05) is 4.98 Å². The average molecular weight is 903 g/mol. The Kier molecular flexibility index (Phi) is 22.6. The van der Waals surface area contributed by atoms with Crippen molar-refractivity contribution >= 4 is 11.8 Å². The lowest BCUT2D eigenvalue weighted by molar-refractivity contribution is -0.347. The van der Waals surface area contributed by atoms with Crippen molar-refractivity contribution in [1.29, 1.82) is 0 Å². The van der Waals surface area contributed by atoms with Crippen molar-refractivity contribution < 1.29 is 69.4 Å². The van der Waals surface area contributed by atoms with Gasteiger partial charge in [0, 0.05) is 31.5 Å². The molecule has 3 saturated heterocycles. The highest BCUT2D eigenvalue weighted by molar-refractivity contribution is 5.76. The molecule has 0 saturated carbocycles. The van der Waals surface area contributed by atoms with Gasteiger partial charge in [0.15, 0.2) is 18.8 Å². The highest BCUT2D eigenvalue weighted by Gasteiger charge is 2.53. The molecule has 2 amide bonds. The Morgan fingerprint density at radius 2 is 1.13 bits per heavy atom. The number of aromatic amines is 1. The quantitative estimate of drug-likeness (QED) is 0.0511. The number of hydrogen-bond donors (Lipinski definition) is 11. The van der Waals surface area contributed by atoms with Gasteiger partial charge in [-0.1, -0.05) is 104 Å². The molecule has 10 unspecified atom stereocenters. The van der Waals surface area contributed by atoms with Crippen LogP contribution in [0.5, 0.6) is 0 Å². The molecule has 4 rings (SSSR count). The molecule has 0 aliphatic carbocycles. The zero-order valence-electron chi connectivity index (χ0n) is 36.7. The number of carbonyl (C=O) groups is 2. The van der Waals surface area contributed by atoms with Gasteiger partial charge < -0.3 is 70.4 Å². The molecular formula is C43H74N4O16. The summed E-state index contributed by atoms with van der Waals surface area (Å²) in [6.07, 6.45) is -5.23. The van der Waals surface area contributed by atoms with Gasteiger partial charge in [0.05, 0.1) is 18.8 Å². The van der Waals surface area contributed by atoms with Crippen LogP contribution in [0.2, 0.25) is 0 Å². The molecular weight excluding hydrogens is 828 g/mol. The van der Waals surface area contributed by atoms with E-state index in [1.165, 1.54) is 12.8 Å². The first-order chi connectivity index (χ1) is 30.2. The normalized spacial score (nSPS) is 32.7. The van der Waals surface area contributed by atoms with Gasteiger partial charge in [-0.3, -0.25) is 23.9 Å². The lowest BCUT2D eigenvalue weighted by atomic mass is 9.91. The van der Waals surface area contributed by atoms with Crippen LogP contribution in [0.4, 0.5) is 0 Å². The summed E-state index contributed by atoms with van der Waals surface area (Å²) in [7, 11) is 0. The molecule has 0 spiro atoms. The fourth-order valence-electron chi connectivity index (χ4n) is 8.47. The number of nitrogens with zero attached hydrogens (tertiary/aromatic N) is 1. The number of ether oxygens (including phenoxy) is 4. The van der Waals surface area contributed by atoms with E-state index in [0.717, 1.165) is 93.9 Å². The summed E-state index contributed by atoms with van der Waals surface area (Å²) in [5.74, 6) is -0.982. The van der Waals surface area contributed by atoms with Crippen LogP contribution in [0.25, 0.3) is 0 Å². The van der Waals surface area contributed by atoms with Gasteiger partial charge in [-0.25, -0.2) is 4.79 Å². The van der Waals surface area contributed by atoms with Crippen LogP contribution in [-0.4, -0.2) is 155 Å². The molecule has 1 aromatic rings. The van der Waals surface area contributed by atoms with Crippen LogP contribution in [0, 0.1) is 0 Å². The molecule has 3 aliphatic rings. The maximum atomic E-state index is 13.3. The predicted octanol–water partition coefficient (Wildman–Crippen LogP) is -0.160. The van der Waals surface area contributed by atoms with E-state index < -0.39 is 128 Å². The molecule has 0 radical (unpaired) electrons. The monoisotopic (exact) mass is 903 g/mol.